The van der Waals surface area contributed by atoms with Crippen molar-refractivity contribution in [3.05, 3.63) is 0 Å². The summed E-state index contributed by atoms with van der Waals surface area (Å²) in [4.78, 5) is 0. The lowest BCUT2D eigenvalue weighted by Crippen LogP contribution is -2.50. The van der Waals surface area contributed by atoms with Crippen molar-refractivity contribution in [1.82, 2.24) is 8.61 Å². The molecule has 0 saturated carbocycles. The summed E-state index contributed by atoms with van der Waals surface area (Å²) in [6.07, 6.45) is 2.07. The number of nitrogens with zero attached hydrogens (tertiary/aromatic N) is 2. The highest BCUT2D eigenvalue weighted by atomic mass is 35.5. The van der Waals surface area contributed by atoms with Crippen molar-refractivity contribution in [2.45, 2.75) is 39.7 Å². The first-order valence-corrected chi connectivity index (χ1v) is 8.15. The summed E-state index contributed by atoms with van der Waals surface area (Å²) in [7, 11) is -3.34. The number of rotatable bonds is 5. The Morgan fingerprint density at radius 2 is 2.12 bits per heavy atom. The molecule has 102 valence electrons. The molecule has 0 bridgehead atoms. The Morgan fingerprint density at radius 3 is 2.59 bits per heavy atom. The zero-order valence-corrected chi connectivity index (χ0v) is 12.5. The molecule has 0 aliphatic carbocycles. The van der Waals surface area contributed by atoms with Crippen LogP contribution in [-0.2, 0) is 10.2 Å². The van der Waals surface area contributed by atoms with Crippen LogP contribution in [0.4, 0.5) is 0 Å². The summed E-state index contributed by atoms with van der Waals surface area (Å²) >= 11 is 5.69. The molecular weight excluding hydrogens is 260 g/mol. The maximum atomic E-state index is 12.5. The van der Waals surface area contributed by atoms with Crippen LogP contribution in [0.25, 0.3) is 0 Å². The lowest BCUT2D eigenvalue weighted by Gasteiger charge is -2.35. The van der Waals surface area contributed by atoms with Gasteiger partial charge < -0.3 is 0 Å². The molecule has 0 radical (unpaired) electrons. The van der Waals surface area contributed by atoms with Crippen molar-refractivity contribution in [2.75, 3.05) is 25.5 Å². The molecule has 0 spiro atoms. The number of piperidine rings is 1. The van der Waals surface area contributed by atoms with Gasteiger partial charge >= 0.3 is 0 Å². The zero-order chi connectivity index (χ0) is 13.1. The summed E-state index contributed by atoms with van der Waals surface area (Å²) in [5.41, 5.74) is 0. The molecule has 1 heterocycles. The molecule has 6 heteroatoms. The van der Waals surface area contributed by atoms with Crippen LogP contribution >= 0.6 is 11.6 Å². The van der Waals surface area contributed by atoms with Crippen molar-refractivity contribution in [2.24, 2.45) is 5.92 Å². The maximum Gasteiger partial charge on any atom is 0.282 e. The Morgan fingerprint density at radius 1 is 1.47 bits per heavy atom. The van der Waals surface area contributed by atoms with Crippen molar-refractivity contribution in [3.63, 3.8) is 0 Å². The second-order valence-corrected chi connectivity index (χ2v) is 7.27. The van der Waals surface area contributed by atoms with E-state index in [4.69, 9.17) is 11.6 Å². The average molecular weight is 283 g/mol. The molecule has 1 aliphatic heterocycles. The van der Waals surface area contributed by atoms with Gasteiger partial charge in [0.1, 0.15) is 0 Å². The summed E-state index contributed by atoms with van der Waals surface area (Å²) in [5, 5.41) is 0. The van der Waals surface area contributed by atoms with Gasteiger partial charge in [-0.15, -0.1) is 11.6 Å². The van der Waals surface area contributed by atoms with Gasteiger partial charge in [-0.05, 0) is 32.6 Å². The number of hydrogen-bond acceptors (Lipinski definition) is 2. The topological polar surface area (TPSA) is 40.6 Å². The van der Waals surface area contributed by atoms with Gasteiger partial charge in [0.25, 0.3) is 10.2 Å². The highest BCUT2D eigenvalue weighted by molar-refractivity contribution is 7.86. The molecule has 1 aliphatic rings. The van der Waals surface area contributed by atoms with Crippen LogP contribution < -0.4 is 0 Å². The highest BCUT2D eigenvalue weighted by Crippen LogP contribution is 2.21. The van der Waals surface area contributed by atoms with E-state index in [1.54, 1.807) is 4.31 Å². The number of alkyl halides is 1. The Kier molecular flexibility index (Phi) is 5.70. The van der Waals surface area contributed by atoms with Crippen LogP contribution in [0.2, 0.25) is 0 Å². The number of halogens is 1. The molecule has 0 aromatic carbocycles. The maximum absolute atomic E-state index is 12.5. The molecule has 0 aromatic rings. The summed E-state index contributed by atoms with van der Waals surface area (Å²) in [6.45, 7) is 7.52. The van der Waals surface area contributed by atoms with Gasteiger partial charge in [-0.1, -0.05) is 6.92 Å². The Balaban J connectivity index is 2.83. The monoisotopic (exact) mass is 282 g/mol. The van der Waals surface area contributed by atoms with E-state index in [9.17, 15) is 8.42 Å². The van der Waals surface area contributed by atoms with E-state index in [0.717, 1.165) is 12.8 Å². The molecule has 1 unspecified atom stereocenters. The van der Waals surface area contributed by atoms with E-state index in [1.807, 2.05) is 13.8 Å². The molecule has 4 nitrogen and oxygen atoms in total. The third kappa shape index (κ3) is 3.81. The standard InChI is InChI=1S/C11H23ClN2O2S/c1-10(2)14(8-6-12)17(15,16)13-7-4-5-11(3)9-13/h10-11H,4-9H2,1-3H3. The summed E-state index contributed by atoms with van der Waals surface area (Å²) in [5.74, 6) is 0.782. The fourth-order valence-electron chi connectivity index (χ4n) is 2.23. The predicted octanol–water partition coefficient (Wildman–Crippen LogP) is 1.91. The van der Waals surface area contributed by atoms with Gasteiger partial charge in [-0.25, -0.2) is 0 Å². The predicted molar refractivity (Wildman–Crippen MR) is 71.5 cm³/mol. The van der Waals surface area contributed by atoms with Crippen molar-refractivity contribution >= 4 is 21.8 Å². The van der Waals surface area contributed by atoms with E-state index in [2.05, 4.69) is 6.92 Å². The molecule has 0 N–H and O–H groups in total. The fourth-order valence-corrected chi connectivity index (χ4v) is 4.46. The summed E-state index contributed by atoms with van der Waals surface area (Å²) < 4.78 is 28.0. The molecule has 1 atom stereocenters. The van der Waals surface area contributed by atoms with Crippen molar-refractivity contribution in [1.29, 1.82) is 0 Å². The largest absolute Gasteiger partial charge is 0.282 e. The minimum Gasteiger partial charge on any atom is -0.195 e. The Hall–Kier alpha value is 0.160. The van der Waals surface area contributed by atoms with Gasteiger partial charge in [-0.2, -0.15) is 17.0 Å². The van der Waals surface area contributed by atoms with Crippen LogP contribution in [0.1, 0.15) is 33.6 Å². The molecule has 1 fully saturated rings. The van der Waals surface area contributed by atoms with Gasteiger partial charge in [0.05, 0.1) is 0 Å². The molecular formula is C11H23ClN2O2S. The van der Waals surface area contributed by atoms with Crippen LogP contribution in [0, 0.1) is 5.92 Å². The minimum absolute atomic E-state index is 0.0454. The van der Waals surface area contributed by atoms with Gasteiger partial charge in [0, 0.05) is 31.6 Å². The van der Waals surface area contributed by atoms with Gasteiger partial charge in [-0.3, -0.25) is 0 Å². The third-order valence-electron chi connectivity index (χ3n) is 3.12. The highest BCUT2D eigenvalue weighted by Gasteiger charge is 2.33. The second-order valence-electron chi connectivity index (χ2n) is 5.01. The van der Waals surface area contributed by atoms with Crippen LogP contribution in [0.5, 0.6) is 0 Å². The molecule has 1 saturated heterocycles. The Bertz CT molecular complexity index is 332. The first kappa shape index (κ1) is 15.2. The van der Waals surface area contributed by atoms with Crippen LogP contribution in [-0.4, -0.2) is 48.6 Å². The quantitative estimate of drug-likeness (QED) is 0.723. The van der Waals surface area contributed by atoms with E-state index >= 15 is 0 Å². The summed E-state index contributed by atoms with van der Waals surface area (Å²) in [6, 6.07) is -0.0454. The normalized spacial score (nSPS) is 23.5. The Labute approximate surface area is 110 Å². The van der Waals surface area contributed by atoms with Crippen molar-refractivity contribution < 1.29 is 8.42 Å². The van der Waals surface area contributed by atoms with Gasteiger partial charge in [0.2, 0.25) is 0 Å². The van der Waals surface area contributed by atoms with Gasteiger partial charge in [0.15, 0.2) is 0 Å². The van der Waals surface area contributed by atoms with Crippen LogP contribution in [0.3, 0.4) is 0 Å². The SMILES string of the molecule is CC1CCCN(S(=O)(=O)N(CCCl)C(C)C)C1. The van der Waals surface area contributed by atoms with E-state index in [0.29, 0.717) is 31.4 Å². The molecule has 17 heavy (non-hydrogen) atoms. The molecule has 1 rings (SSSR count). The minimum atomic E-state index is -3.34. The first-order valence-electron chi connectivity index (χ1n) is 6.22. The molecule has 0 aromatic heterocycles. The first-order chi connectivity index (χ1) is 7.89. The lowest BCUT2D eigenvalue weighted by atomic mass is 10.0. The molecule has 0 amide bonds. The van der Waals surface area contributed by atoms with Crippen molar-refractivity contribution in [3.8, 4) is 0 Å². The number of hydrogen-bond donors (Lipinski definition) is 0. The fraction of sp³-hybridized carbons (Fsp3) is 1.00. The zero-order valence-electron chi connectivity index (χ0n) is 10.9. The van der Waals surface area contributed by atoms with E-state index in [-0.39, 0.29) is 6.04 Å². The second kappa shape index (κ2) is 6.36. The average Bonchev–Trinajstić information content (AvgIpc) is 2.25. The third-order valence-corrected chi connectivity index (χ3v) is 5.47. The lowest BCUT2D eigenvalue weighted by molar-refractivity contribution is 0.250. The van der Waals surface area contributed by atoms with E-state index in [1.165, 1.54) is 4.31 Å². The smallest absolute Gasteiger partial charge is 0.195 e. The van der Waals surface area contributed by atoms with Crippen LogP contribution in [0.15, 0.2) is 0 Å². The van der Waals surface area contributed by atoms with E-state index < -0.39 is 10.2 Å².